The molecule has 0 spiro atoms. The molecule has 0 saturated carbocycles. The molecular weight excluding hydrogens is 389 g/mol. The number of pyridine rings is 1. The number of nitrogens with one attached hydrogen (secondary N) is 1. The molecule has 1 aliphatic heterocycles. The molecule has 1 amide bonds. The molecule has 0 aliphatic carbocycles. The fourth-order valence-electron chi connectivity index (χ4n) is 3.19. The van der Waals surface area contributed by atoms with Gasteiger partial charge < -0.3 is 19.9 Å². The van der Waals surface area contributed by atoms with E-state index in [4.69, 9.17) is 9.47 Å². The van der Waals surface area contributed by atoms with Gasteiger partial charge in [0, 0.05) is 18.5 Å². The van der Waals surface area contributed by atoms with Gasteiger partial charge in [0.15, 0.2) is 0 Å². The molecule has 162 valence electrons. The number of halogens is 1. The van der Waals surface area contributed by atoms with Crippen molar-refractivity contribution >= 4 is 17.6 Å². The normalized spacial score (nSPS) is 15.9. The number of nitrogens with zero attached hydrogens (tertiary/aromatic N) is 2. The predicted molar refractivity (Wildman–Crippen MR) is 113 cm³/mol. The van der Waals surface area contributed by atoms with Crippen LogP contribution in [0.15, 0.2) is 30.3 Å². The van der Waals surface area contributed by atoms with Crippen LogP contribution in [0, 0.1) is 5.82 Å². The van der Waals surface area contributed by atoms with Gasteiger partial charge in [-0.1, -0.05) is 12.1 Å². The van der Waals surface area contributed by atoms with Crippen molar-refractivity contribution in [3.8, 4) is 5.88 Å². The van der Waals surface area contributed by atoms with E-state index in [2.05, 4.69) is 10.3 Å². The summed E-state index contributed by atoms with van der Waals surface area (Å²) >= 11 is 0. The number of fused-ring (bicyclic) bond motifs is 1. The summed E-state index contributed by atoms with van der Waals surface area (Å²) in [6.07, 6.45) is -0.00430. The highest BCUT2D eigenvalue weighted by molar-refractivity contribution is 5.91. The number of carbonyl (C=O) groups is 1. The number of rotatable bonds is 5. The van der Waals surface area contributed by atoms with Crippen LogP contribution in [-0.4, -0.2) is 47.6 Å². The van der Waals surface area contributed by atoms with Crippen molar-refractivity contribution in [2.45, 2.75) is 45.8 Å². The van der Waals surface area contributed by atoms with Crippen molar-refractivity contribution in [2.24, 2.45) is 0 Å². The number of hydrogen-bond acceptors (Lipinski definition) is 6. The Labute approximate surface area is 175 Å². The summed E-state index contributed by atoms with van der Waals surface area (Å²) in [4.78, 5) is 19.0. The van der Waals surface area contributed by atoms with Crippen LogP contribution in [0.1, 0.15) is 38.8 Å². The van der Waals surface area contributed by atoms with Gasteiger partial charge in [-0.3, -0.25) is 4.90 Å². The van der Waals surface area contributed by atoms with Crippen LogP contribution in [0.3, 0.4) is 0 Å². The Kier molecular flexibility index (Phi) is 6.45. The molecule has 0 bridgehead atoms. The number of anilines is 2. The lowest BCUT2D eigenvalue weighted by Gasteiger charge is -2.36. The van der Waals surface area contributed by atoms with Crippen LogP contribution in [0.4, 0.5) is 20.7 Å². The second-order valence-corrected chi connectivity index (χ2v) is 8.28. The van der Waals surface area contributed by atoms with Crippen molar-refractivity contribution in [1.82, 2.24) is 4.98 Å². The third-order valence-electron chi connectivity index (χ3n) is 4.51. The van der Waals surface area contributed by atoms with Crippen molar-refractivity contribution in [3.63, 3.8) is 0 Å². The number of amides is 1. The molecule has 1 aliphatic rings. The molecule has 0 saturated heterocycles. The lowest BCUT2D eigenvalue weighted by molar-refractivity contribution is 0.0546. The van der Waals surface area contributed by atoms with Gasteiger partial charge in [-0.05, 0) is 51.5 Å². The maximum Gasteiger partial charge on any atom is 0.415 e. The molecule has 2 N–H and O–H groups in total. The summed E-state index contributed by atoms with van der Waals surface area (Å²) in [7, 11) is 0. The van der Waals surface area contributed by atoms with E-state index in [9.17, 15) is 14.3 Å². The Balaban J connectivity index is 2.01. The Morgan fingerprint density at radius 3 is 2.70 bits per heavy atom. The summed E-state index contributed by atoms with van der Waals surface area (Å²) in [5.74, 6) is 0.562. The van der Waals surface area contributed by atoms with Crippen LogP contribution >= 0.6 is 0 Å². The molecule has 7 nitrogen and oxygen atoms in total. The average molecular weight is 417 g/mol. The number of benzene rings is 1. The number of aromatic nitrogens is 1. The zero-order valence-corrected chi connectivity index (χ0v) is 17.7. The van der Waals surface area contributed by atoms with E-state index in [1.165, 1.54) is 12.1 Å². The number of ether oxygens (including phenoxy) is 2. The molecule has 30 heavy (non-hydrogen) atoms. The summed E-state index contributed by atoms with van der Waals surface area (Å²) in [6, 6.07) is 7.82. The van der Waals surface area contributed by atoms with Crippen molar-refractivity contribution in [1.29, 1.82) is 0 Å². The quantitative estimate of drug-likeness (QED) is 0.771. The molecule has 1 aromatic carbocycles. The van der Waals surface area contributed by atoms with E-state index >= 15 is 0 Å². The van der Waals surface area contributed by atoms with E-state index in [0.717, 1.165) is 11.1 Å². The highest BCUT2D eigenvalue weighted by Gasteiger charge is 2.34. The first-order chi connectivity index (χ1) is 14.2. The molecule has 2 aromatic rings. The van der Waals surface area contributed by atoms with Gasteiger partial charge in [-0.15, -0.1) is 0 Å². The summed E-state index contributed by atoms with van der Waals surface area (Å²) in [6.45, 7) is 7.87. The monoisotopic (exact) mass is 417 g/mol. The standard InChI is InChI=1S/C22H28FN3O4/c1-14-13-29-20-18(26(14)21(28)30-22(2,3)4)12-16(19(25-20)24-9-10-27)11-15-5-7-17(23)8-6-15/h5-8,12,14,27H,9-11,13H2,1-4H3,(H,24,25)/t14-/m0/s1. The van der Waals surface area contributed by atoms with Gasteiger partial charge in [0.2, 0.25) is 5.88 Å². The van der Waals surface area contributed by atoms with Gasteiger partial charge in [-0.2, -0.15) is 4.98 Å². The van der Waals surface area contributed by atoms with Crippen LogP contribution in [0.2, 0.25) is 0 Å². The molecule has 1 aromatic heterocycles. The SMILES string of the molecule is C[C@H]1COc2nc(NCCO)c(Cc3ccc(F)cc3)cc2N1C(=O)OC(C)(C)C. The lowest BCUT2D eigenvalue weighted by Crippen LogP contribution is -2.47. The van der Waals surface area contributed by atoms with Crippen LogP contribution in [0.5, 0.6) is 5.88 Å². The smallest absolute Gasteiger partial charge is 0.415 e. The van der Waals surface area contributed by atoms with E-state index in [0.29, 0.717) is 30.4 Å². The van der Waals surface area contributed by atoms with Gasteiger partial charge in [0.1, 0.15) is 29.5 Å². The van der Waals surface area contributed by atoms with Crippen LogP contribution in [-0.2, 0) is 11.2 Å². The van der Waals surface area contributed by atoms with Crippen molar-refractivity contribution in [3.05, 3.63) is 47.3 Å². The minimum Gasteiger partial charge on any atom is -0.474 e. The number of aliphatic hydroxyl groups is 1. The number of carbonyl (C=O) groups excluding carboxylic acids is 1. The molecule has 3 rings (SSSR count). The Bertz CT molecular complexity index is 896. The van der Waals surface area contributed by atoms with Gasteiger partial charge in [-0.25, -0.2) is 9.18 Å². The molecule has 0 unspecified atom stereocenters. The minimum absolute atomic E-state index is 0.0589. The molecular formula is C22H28FN3O4. The molecule has 2 heterocycles. The first kappa shape index (κ1) is 21.8. The minimum atomic E-state index is -0.637. The maximum absolute atomic E-state index is 13.3. The largest absolute Gasteiger partial charge is 0.474 e. The topological polar surface area (TPSA) is 83.9 Å². The van der Waals surface area contributed by atoms with Gasteiger partial charge >= 0.3 is 6.09 Å². The molecule has 1 atom stereocenters. The first-order valence-corrected chi connectivity index (χ1v) is 9.96. The highest BCUT2D eigenvalue weighted by Crippen LogP contribution is 2.37. The number of aliphatic hydroxyl groups excluding tert-OH is 1. The Hall–Kier alpha value is -2.87. The van der Waals surface area contributed by atoms with E-state index in [1.807, 2.05) is 33.8 Å². The van der Waals surface area contributed by atoms with Gasteiger partial charge in [0.25, 0.3) is 0 Å². The zero-order chi connectivity index (χ0) is 21.9. The Morgan fingerprint density at radius 1 is 1.37 bits per heavy atom. The molecule has 8 heteroatoms. The fraction of sp³-hybridized carbons (Fsp3) is 0.455. The molecule has 0 fully saturated rings. The summed E-state index contributed by atoms with van der Waals surface area (Å²) in [5.41, 5.74) is 1.57. The van der Waals surface area contributed by atoms with E-state index < -0.39 is 11.7 Å². The van der Waals surface area contributed by atoms with Crippen LogP contribution < -0.4 is 15.0 Å². The first-order valence-electron chi connectivity index (χ1n) is 9.96. The summed E-state index contributed by atoms with van der Waals surface area (Å²) < 4.78 is 24.6. The van der Waals surface area contributed by atoms with Crippen molar-refractivity contribution in [2.75, 3.05) is 30.0 Å². The predicted octanol–water partition coefficient (Wildman–Crippen LogP) is 3.74. The Morgan fingerprint density at radius 2 is 2.07 bits per heavy atom. The van der Waals surface area contributed by atoms with Crippen molar-refractivity contribution < 1.29 is 23.8 Å². The van der Waals surface area contributed by atoms with E-state index in [1.54, 1.807) is 17.0 Å². The highest BCUT2D eigenvalue weighted by atomic mass is 19.1. The summed E-state index contributed by atoms with van der Waals surface area (Å²) in [5, 5.41) is 12.3. The van der Waals surface area contributed by atoms with E-state index in [-0.39, 0.29) is 25.1 Å². The van der Waals surface area contributed by atoms with Gasteiger partial charge in [0.05, 0.1) is 12.6 Å². The lowest BCUT2D eigenvalue weighted by atomic mass is 10.0. The fourth-order valence-corrected chi connectivity index (χ4v) is 3.19. The van der Waals surface area contributed by atoms with Crippen LogP contribution in [0.25, 0.3) is 0 Å². The maximum atomic E-state index is 13.3. The second kappa shape index (κ2) is 8.87. The average Bonchev–Trinajstić information content (AvgIpc) is 2.66. The third-order valence-corrected chi connectivity index (χ3v) is 4.51. The molecule has 0 radical (unpaired) electrons. The second-order valence-electron chi connectivity index (χ2n) is 8.28. The third kappa shape index (κ3) is 5.18. The zero-order valence-electron chi connectivity index (χ0n) is 17.7. The number of hydrogen-bond donors (Lipinski definition) is 2.